The first kappa shape index (κ1) is 15.7. The molecule has 2 rings (SSSR count). The Kier molecular flexibility index (Phi) is 4.57. The number of carbonyl (C=O) groups excluding carboxylic acids is 1. The minimum absolute atomic E-state index is 0.0835. The number of nitro groups is 1. The number of benzene rings is 2. The van der Waals surface area contributed by atoms with Crippen LogP contribution in [0, 0.1) is 15.9 Å². The fourth-order valence-corrected chi connectivity index (χ4v) is 1.96. The number of rotatable bonds is 4. The number of carbonyl (C=O) groups is 1. The number of hydrogen-bond acceptors (Lipinski definition) is 4. The highest BCUT2D eigenvalue weighted by Gasteiger charge is 2.17. The molecule has 6 nitrogen and oxygen atoms in total. The Hall–Kier alpha value is -2.67. The smallest absolute Gasteiger partial charge is 0.306 e. The summed E-state index contributed by atoms with van der Waals surface area (Å²) in [6.07, 6.45) is 0. The maximum absolute atomic E-state index is 13.3. The van der Waals surface area contributed by atoms with Crippen LogP contribution in [0.15, 0.2) is 36.4 Å². The Morgan fingerprint density at radius 2 is 2.05 bits per heavy atom. The monoisotopic (exact) mass is 324 g/mol. The SMILES string of the molecule is COc1ccc(Cl)cc1C(=O)Nc1ccc(F)c([N+](=O)[O-])c1. The molecule has 8 heteroatoms. The van der Waals surface area contributed by atoms with Crippen LogP contribution < -0.4 is 10.1 Å². The number of hydrogen-bond donors (Lipinski definition) is 1. The summed E-state index contributed by atoms with van der Waals surface area (Å²) in [5.74, 6) is -1.28. The molecule has 0 atom stereocenters. The second-order valence-corrected chi connectivity index (χ2v) is 4.66. The molecule has 1 N–H and O–H groups in total. The maximum Gasteiger partial charge on any atom is 0.306 e. The molecule has 0 bridgehead atoms. The largest absolute Gasteiger partial charge is 0.496 e. The van der Waals surface area contributed by atoms with Crippen LogP contribution in [0.5, 0.6) is 5.75 Å². The van der Waals surface area contributed by atoms with Crippen LogP contribution in [0.4, 0.5) is 15.8 Å². The zero-order valence-electron chi connectivity index (χ0n) is 11.3. The highest BCUT2D eigenvalue weighted by atomic mass is 35.5. The van der Waals surface area contributed by atoms with Gasteiger partial charge in [0.15, 0.2) is 0 Å². The van der Waals surface area contributed by atoms with Crippen molar-refractivity contribution in [2.75, 3.05) is 12.4 Å². The lowest BCUT2D eigenvalue weighted by Crippen LogP contribution is -2.13. The molecule has 22 heavy (non-hydrogen) atoms. The number of amides is 1. The lowest BCUT2D eigenvalue weighted by atomic mass is 10.1. The van der Waals surface area contributed by atoms with Gasteiger partial charge in [0.05, 0.1) is 17.6 Å². The van der Waals surface area contributed by atoms with Crippen molar-refractivity contribution in [1.82, 2.24) is 0 Å². The summed E-state index contributed by atoms with van der Waals surface area (Å²) in [5, 5.41) is 13.5. The van der Waals surface area contributed by atoms with Crippen molar-refractivity contribution in [3.8, 4) is 5.75 Å². The number of nitrogens with one attached hydrogen (secondary N) is 1. The summed E-state index contributed by atoms with van der Waals surface area (Å²) in [4.78, 5) is 22.0. The van der Waals surface area contributed by atoms with Gasteiger partial charge in [0.2, 0.25) is 5.82 Å². The molecule has 1 amide bonds. The Morgan fingerprint density at radius 1 is 1.32 bits per heavy atom. The van der Waals surface area contributed by atoms with Crippen LogP contribution >= 0.6 is 11.6 Å². The number of methoxy groups -OCH3 is 1. The lowest BCUT2D eigenvalue weighted by Gasteiger charge is -2.09. The molecule has 0 saturated heterocycles. The van der Waals surface area contributed by atoms with Crippen molar-refractivity contribution in [2.24, 2.45) is 0 Å². The molecule has 0 aliphatic heterocycles. The van der Waals surface area contributed by atoms with Gasteiger partial charge >= 0.3 is 5.69 Å². The molecule has 2 aromatic carbocycles. The third kappa shape index (κ3) is 3.32. The molecule has 2 aromatic rings. The molecule has 0 unspecified atom stereocenters. The summed E-state index contributed by atoms with van der Waals surface area (Å²) in [6.45, 7) is 0. The van der Waals surface area contributed by atoms with E-state index in [9.17, 15) is 19.3 Å². The fraction of sp³-hybridized carbons (Fsp3) is 0.0714. The molecule has 0 aliphatic carbocycles. The van der Waals surface area contributed by atoms with E-state index in [4.69, 9.17) is 16.3 Å². The Morgan fingerprint density at radius 3 is 2.68 bits per heavy atom. The number of halogens is 2. The Labute approximate surface area is 129 Å². The van der Waals surface area contributed by atoms with Gasteiger partial charge in [-0.25, -0.2) is 0 Å². The predicted molar refractivity (Wildman–Crippen MR) is 79.0 cm³/mol. The minimum atomic E-state index is -0.983. The highest BCUT2D eigenvalue weighted by molar-refractivity contribution is 6.31. The van der Waals surface area contributed by atoms with Gasteiger partial charge in [-0.15, -0.1) is 0 Å². The third-order valence-corrected chi connectivity index (χ3v) is 3.04. The van der Waals surface area contributed by atoms with Gasteiger partial charge in [-0.05, 0) is 30.3 Å². The van der Waals surface area contributed by atoms with E-state index in [0.29, 0.717) is 10.8 Å². The molecule has 0 aromatic heterocycles. The molecule has 0 spiro atoms. The molecule has 0 saturated carbocycles. The van der Waals surface area contributed by atoms with Gasteiger partial charge < -0.3 is 10.1 Å². The van der Waals surface area contributed by atoms with E-state index in [1.165, 1.54) is 25.3 Å². The zero-order valence-corrected chi connectivity index (χ0v) is 12.1. The summed E-state index contributed by atoms with van der Waals surface area (Å²) >= 11 is 5.83. The fourth-order valence-electron chi connectivity index (χ4n) is 1.79. The van der Waals surface area contributed by atoms with Crippen molar-refractivity contribution in [3.63, 3.8) is 0 Å². The standard InChI is InChI=1S/C14H10ClFN2O4/c1-22-13-5-2-8(15)6-10(13)14(19)17-9-3-4-11(16)12(7-9)18(20)21/h2-7H,1H3,(H,17,19). The number of ether oxygens (including phenoxy) is 1. The van der Waals surface area contributed by atoms with Gasteiger partial charge in [0, 0.05) is 16.8 Å². The van der Waals surface area contributed by atoms with E-state index in [1.807, 2.05) is 0 Å². The molecular formula is C14H10ClFN2O4. The quantitative estimate of drug-likeness (QED) is 0.687. The number of nitrogens with zero attached hydrogens (tertiary/aromatic N) is 1. The predicted octanol–water partition coefficient (Wildman–Crippen LogP) is 3.65. The summed E-state index contributed by atoms with van der Waals surface area (Å²) in [7, 11) is 1.39. The second kappa shape index (κ2) is 6.40. The summed E-state index contributed by atoms with van der Waals surface area (Å²) < 4.78 is 18.3. The van der Waals surface area contributed by atoms with Crippen LogP contribution in [-0.2, 0) is 0 Å². The Balaban J connectivity index is 2.31. The Bertz CT molecular complexity index is 752. The molecule has 0 heterocycles. The van der Waals surface area contributed by atoms with Gasteiger partial charge in [-0.3, -0.25) is 14.9 Å². The topological polar surface area (TPSA) is 81.5 Å². The van der Waals surface area contributed by atoms with Crippen LogP contribution in [0.1, 0.15) is 10.4 Å². The van der Waals surface area contributed by atoms with E-state index < -0.39 is 22.3 Å². The average molecular weight is 325 g/mol. The maximum atomic E-state index is 13.3. The molecule has 0 radical (unpaired) electrons. The van der Waals surface area contributed by atoms with E-state index in [-0.39, 0.29) is 11.3 Å². The number of anilines is 1. The highest BCUT2D eigenvalue weighted by Crippen LogP contribution is 2.25. The van der Waals surface area contributed by atoms with Gasteiger partial charge in [0.25, 0.3) is 5.91 Å². The third-order valence-electron chi connectivity index (χ3n) is 2.81. The van der Waals surface area contributed by atoms with Crippen molar-refractivity contribution in [1.29, 1.82) is 0 Å². The first-order valence-corrected chi connectivity index (χ1v) is 6.39. The zero-order chi connectivity index (χ0) is 16.3. The summed E-state index contributed by atoms with van der Waals surface area (Å²) in [6, 6.07) is 7.53. The van der Waals surface area contributed by atoms with Crippen LogP contribution in [-0.4, -0.2) is 17.9 Å². The summed E-state index contributed by atoms with van der Waals surface area (Å²) in [5.41, 5.74) is -0.488. The van der Waals surface area contributed by atoms with E-state index in [1.54, 1.807) is 6.07 Å². The van der Waals surface area contributed by atoms with E-state index in [0.717, 1.165) is 12.1 Å². The number of nitro benzene ring substituents is 1. The van der Waals surface area contributed by atoms with Crippen LogP contribution in [0.2, 0.25) is 5.02 Å². The second-order valence-electron chi connectivity index (χ2n) is 4.22. The molecule has 114 valence electrons. The average Bonchev–Trinajstić information content (AvgIpc) is 2.48. The van der Waals surface area contributed by atoms with E-state index in [2.05, 4.69) is 5.32 Å². The van der Waals surface area contributed by atoms with Gasteiger partial charge in [0.1, 0.15) is 5.75 Å². The van der Waals surface area contributed by atoms with Gasteiger partial charge in [-0.2, -0.15) is 4.39 Å². The van der Waals surface area contributed by atoms with Gasteiger partial charge in [-0.1, -0.05) is 11.6 Å². The minimum Gasteiger partial charge on any atom is -0.496 e. The normalized spacial score (nSPS) is 10.1. The van der Waals surface area contributed by atoms with Crippen LogP contribution in [0.25, 0.3) is 0 Å². The van der Waals surface area contributed by atoms with Crippen molar-refractivity contribution in [3.05, 3.63) is 62.9 Å². The van der Waals surface area contributed by atoms with E-state index >= 15 is 0 Å². The molecule has 0 aliphatic rings. The first-order chi connectivity index (χ1) is 10.4. The van der Waals surface area contributed by atoms with Crippen molar-refractivity contribution in [2.45, 2.75) is 0 Å². The van der Waals surface area contributed by atoms with Crippen LogP contribution in [0.3, 0.4) is 0 Å². The lowest BCUT2D eigenvalue weighted by molar-refractivity contribution is -0.387. The van der Waals surface area contributed by atoms with Crippen molar-refractivity contribution >= 4 is 28.9 Å². The molecular weight excluding hydrogens is 315 g/mol. The van der Waals surface area contributed by atoms with Crippen molar-refractivity contribution < 1.29 is 18.8 Å². The first-order valence-electron chi connectivity index (χ1n) is 6.01. The molecule has 0 fully saturated rings.